The molecule has 0 aliphatic carbocycles. The number of carbonyl (C=O) groups excluding carboxylic acids is 1. The Balaban J connectivity index is 1.93. The minimum Gasteiger partial charge on any atom is -0.372 e. The van der Waals surface area contributed by atoms with Gasteiger partial charge in [0.2, 0.25) is 0 Å². The summed E-state index contributed by atoms with van der Waals surface area (Å²) in [6.07, 6.45) is 0. The first-order chi connectivity index (χ1) is 10.8. The van der Waals surface area contributed by atoms with Crippen LogP contribution in [0.25, 0.3) is 5.82 Å². The van der Waals surface area contributed by atoms with E-state index in [-0.39, 0.29) is 11.5 Å². The van der Waals surface area contributed by atoms with Gasteiger partial charge in [-0.2, -0.15) is 0 Å². The van der Waals surface area contributed by atoms with E-state index in [0.29, 0.717) is 31.1 Å². The number of carbonyl (C=O) groups is 1. The molecule has 6 nitrogen and oxygen atoms in total. The summed E-state index contributed by atoms with van der Waals surface area (Å²) in [5, 5.41) is 4.06. The van der Waals surface area contributed by atoms with Gasteiger partial charge < -0.3 is 14.2 Å². The highest BCUT2D eigenvalue weighted by Crippen LogP contribution is 2.24. The van der Waals surface area contributed by atoms with Crippen molar-refractivity contribution in [1.82, 2.24) is 14.6 Å². The summed E-state index contributed by atoms with van der Waals surface area (Å²) in [4.78, 5) is 14.8. The average molecular weight is 317 g/mol. The van der Waals surface area contributed by atoms with E-state index in [9.17, 15) is 4.79 Å². The fourth-order valence-corrected chi connectivity index (χ4v) is 3.15. The highest BCUT2D eigenvalue weighted by atomic mass is 16.5. The molecule has 6 heteroatoms. The zero-order chi connectivity index (χ0) is 16.8. The highest BCUT2D eigenvalue weighted by Gasteiger charge is 2.32. The smallest absolute Gasteiger partial charge is 0.255 e. The Labute approximate surface area is 136 Å². The van der Waals surface area contributed by atoms with Crippen molar-refractivity contribution in [2.24, 2.45) is 0 Å². The van der Waals surface area contributed by atoms with Gasteiger partial charge in [0.15, 0.2) is 5.82 Å². The van der Waals surface area contributed by atoms with Crippen molar-refractivity contribution >= 4 is 5.91 Å². The zero-order valence-corrected chi connectivity index (χ0v) is 14.3. The van der Waals surface area contributed by atoms with Crippen LogP contribution >= 0.6 is 0 Å². The molecule has 0 atom stereocenters. The molecule has 1 fully saturated rings. The molecule has 1 aliphatic rings. The van der Waals surface area contributed by atoms with Gasteiger partial charge in [-0.25, -0.2) is 0 Å². The first-order valence-electron chi connectivity index (χ1n) is 7.84. The Hall–Kier alpha value is -2.08. The second-order valence-electron chi connectivity index (χ2n) is 6.75. The summed E-state index contributed by atoms with van der Waals surface area (Å²) >= 11 is 0. The number of hydrogen-bond donors (Lipinski definition) is 0. The molecule has 0 saturated carbocycles. The molecule has 23 heavy (non-hydrogen) atoms. The molecule has 1 amide bonds. The van der Waals surface area contributed by atoms with E-state index in [1.807, 2.05) is 56.2 Å². The van der Waals surface area contributed by atoms with E-state index in [1.54, 1.807) is 0 Å². The maximum absolute atomic E-state index is 12.9. The molecule has 2 aromatic heterocycles. The molecule has 0 aromatic carbocycles. The van der Waals surface area contributed by atoms with Crippen molar-refractivity contribution in [3.8, 4) is 5.82 Å². The lowest BCUT2D eigenvalue weighted by molar-refractivity contribution is -0.0764. The molecule has 0 N–H and O–H groups in total. The van der Waals surface area contributed by atoms with Crippen LogP contribution in [0.1, 0.15) is 41.4 Å². The Bertz CT molecular complexity index is 742. The normalized spacial score (nSPS) is 17.5. The van der Waals surface area contributed by atoms with Gasteiger partial charge in [-0.15, -0.1) is 0 Å². The molecule has 1 saturated heterocycles. The van der Waals surface area contributed by atoms with E-state index >= 15 is 0 Å². The lowest BCUT2D eigenvalue weighted by Crippen LogP contribution is -2.50. The molecule has 0 radical (unpaired) electrons. The molecule has 124 valence electrons. The van der Waals surface area contributed by atoms with Crippen molar-refractivity contribution < 1.29 is 14.1 Å². The number of amides is 1. The Kier molecular flexibility index (Phi) is 3.80. The first-order valence-corrected chi connectivity index (χ1v) is 7.84. The highest BCUT2D eigenvalue weighted by molar-refractivity contribution is 5.96. The summed E-state index contributed by atoms with van der Waals surface area (Å²) < 4.78 is 12.8. The Morgan fingerprint density at radius 3 is 2.61 bits per heavy atom. The minimum absolute atomic E-state index is 0.0425. The van der Waals surface area contributed by atoms with E-state index in [4.69, 9.17) is 9.26 Å². The maximum Gasteiger partial charge on any atom is 0.255 e. The van der Waals surface area contributed by atoms with Crippen LogP contribution in [0.4, 0.5) is 0 Å². The second-order valence-corrected chi connectivity index (χ2v) is 6.75. The lowest BCUT2D eigenvalue weighted by Gasteiger charge is -2.38. The van der Waals surface area contributed by atoms with Crippen LogP contribution in [0.5, 0.6) is 0 Å². The number of aromatic nitrogens is 2. The van der Waals surface area contributed by atoms with Crippen molar-refractivity contribution in [3.05, 3.63) is 34.8 Å². The standard InChI is InChI=1S/C17H23N3O3/c1-11-8-14(13(3)20(11)15-9-12(2)23-18-15)16(21)19-6-7-22-17(4,5)10-19/h8-9H,6-7,10H2,1-5H3. The first kappa shape index (κ1) is 15.8. The molecular weight excluding hydrogens is 294 g/mol. The van der Waals surface area contributed by atoms with E-state index < -0.39 is 0 Å². The summed E-state index contributed by atoms with van der Waals surface area (Å²) in [5.41, 5.74) is 2.25. The van der Waals surface area contributed by atoms with Crippen LogP contribution in [-0.2, 0) is 4.74 Å². The van der Waals surface area contributed by atoms with Crippen LogP contribution in [0, 0.1) is 20.8 Å². The third kappa shape index (κ3) is 2.91. The van der Waals surface area contributed by atoms with Gasteiger partial charge in [-0.05, 0) is 40.7 Å². The van der Waals surface area contributed by atoms with Gasteiger partial charge in [0.25, 0.3) is 5.91 Å². The number of ether oxygens (including phenoxy) is 1. The molecule has 2 aromatic rings. The van der Waals surface area contributed by atoms with Gasteiger partial charge in [0.05, 0.1) is 17.8 Å². The van der Waals surface area contributed by atoms with Crippen molar-refractivity contribution in [3.63, 3.8) is 0 Å². The van der Waals surface area contributed by atoms with Gasteiger partial charge in [0, 0.05) is 30.5 Å². The van der Waals surface area contributed by atoms with Gasteiger partial charge in [-0.1, -0.05) is 5.16 Å². The third-order valence-electron chi connectivity index (χ3n) is 4.22. The molecule has 1 aliphatic heterocycles. The number of aryl methyl sites for hydroxylation is 2. The molecule has 0 unspecified atom stereocenters. The second kappa shape index (κ2) is 5.53. The number of morpholine rings is 1. The predicted molar refractivity (Wildman–Crippen MR) is 86.0 cm³/mol. The predicted octanol–water partition coefficient (Wildman–Crippen LogP) is 2.64. The van der Waals surface area contributed by atoms with Gasteiger partial charge in [-0.3, -0.25) is 9.36 Å². The van der Waals surface area contributed by atoms with Crippen LogP contribution in [-0.4, -0.2) is 45.8 Å². The summed E-state index contributed by atoms with van der Waals surface area (Å²) in [6, 6.07) is 3.79. The SMILES string of the molecule is Cc1cc(-n2c(C)cc(C(=O)N3CCOC(C)(C)C3)c2C)no1. The van der Waals surface area contributed by atoms with Crippen molar-refractivity contribution in [2.45, 2.75) is 40.2 Å². The molecule has 3 rings (SSSR count). The van der Waals surface area contributed by atoms with Crippen LogP contribution in [0.3, 0.4) is 0 Å². The van der Waals surface area contributed by atoms with Crippen LogP contribution in [0.15, 0.2) is 16.7 Å². The molecule has 0 spiro atoms. The van der Waals surface area contributed by atoms with Gasteiger partial charge in [0.1, 0.15) is 5.76 Å². The third-order valence-corrected chi connectivity index (χ3v) is 4.22. The zero-order valence-electron chi connectivity index (χ0n) is 14.3. The summed E-state index contributed by atoms with van der Waals surface area (Å²) in [5.74, 6) is 1.50. The number of hydrogen-bond acceptors (Lipinski definition) is 4. The van der Waals surface area contributed by atoms with Crippen LogP contribution < -0.4 is 0 Å². The van der Waals surface area contributed by atoms with Crippen molar-refractivity contribution in [1.29, 1.82) is 0 Å². The van der Waals surface area contributed by atoms with Crippen LogP contribution in [0.2, 0.25) is 0 Å². The Morgan fingerprint density at radius 1 is 1.26 bits per heavy atom. The van der Waals surface area contributed by atoms with E-state index in [0.717, 1.165) is 17.1 Å². The number of rotatable bonds is 2. The van der Waals surface area contributed by atoms with Crippen molar-refractivity contribution in [2.75, 3.05) is 19.7 Å². The quantitative estimate of drug-likeness (QED) is 0.854. The molecule has 3 heterocycles. The van der Waals surface area contributed by atoms with Gasteiger partial charge >= 0.3 is 0 Å². The maximum atomic E-state index is 12.9. The molecular formula is C17H23N3O3. The molecule has 0 bridgehead atoms. The van der Waals surface area contributed by atoms with E-state index in [2.05, 4.69) is 5.16 Å². The fraction of sp³-hybridized carbons (Fsp3) is 0.529. The summed E-state index contributed by atoms with van der Waals surface area (Å²) in [6.45, 7) is 11.6. The Morgan fingerprint density at radius 2 is 2.00 bits per heavy atom. The topological polar surface area (TPSA) is 60.5 Å². The monoisotopic (exact) mass is 317 g/mol. The number of nitrogens with zero attached hydrogens (tertiary/aromatic N) is 3. The average Bonchev–Trinajstić information content (AvgIpc) is 3.00. The summed E-state index contributed by atoms with van der Waals surface area (Å²) in [7, 11) is 0. The van der Waals surface area contributed by atoms with E-state index in [1.165, 1.54) is 0 Å². The fourth-order valence-electron chi connectivity index (χ4n) is 3.15. The lowest BCUT2D eigenvalue weighted by atomic mass is 10.1. The minimum atomic E-state index is -0.303. The largest absolute Gasteiger partial charge is 0.372 e.